The molecule has 0 atom stereocenters. The smallest absolute Gasteiger partial charge is 0.0825 e. The van der Waals surface area contributed by atoms with E-state index in [0.29, 0.717) is 6.04 Å². The van der Waals surface area contributed by atoms with Crippen LogP contribution < -0.4 is 5.32 Å². The first-order valence-electron chi connectivity index (χ1n) is 6.41. The molecule has 2 rings (SSSR count). The largest absolute Gasteiger partial charge is 0.378 e. The molecule has 106 valence electrons. The summed E-state index contributed by atoms with van der Waals surface area (Å²) in [5, 5.41) is 12.1. The summed E-state index contributed by atoms with van der Waals surface area (Å²) in [6.45, 7) is 10.1. The molecule has 0 aliphatic carbocycles. The lowest BCUT2D eigenvalue weighted by molar-refractivity contribution is 0.529. The third-order valence-corrected chi connectivity index (χ3v) is 2.94. The highest BCUT2D eigenvalue weighted by Gasteiger charge is 2.07. The molecular weight excluding hydrogens is 262 g/mol. The van der Waals surface area contributed by atoms with Gasteiger partial charge in [0.2, 0.25) is 0 Å². The molecule has 5 nitrogen and oxygen atoms in total. The molecule has 0 radical (unpaired) electrons. The van der Waals surface area contributed by atoms with Gasteiger partial charge in [0.15, 0.2) is 0 Å². The van der Waals surface area contributed by atoms with E-state index in [4.69, 9.17) is 0 Å². The van der Waals surface area contributed by atoms with Gasteiger partial charge in [0.05, 0.1) is 17.6 Å². The van der Waals surface area contributed by atoms with Crippen LogP contribution in [0.25, 0.3) is 0 Å². The van der Waals surface area contributed by atoms with Gasteiger partial charge in [-0.15, -0.1) is 12.4 Å². The molecule has 0 aliphatic heterocycles. The number of anilines is 1. The second kappa shape index (κ2) is 6.61. The Balaban J connectivity index is 0.00000180. The molecular formula is C13H22ClN5. The van der Waals surface area contributed by atoms with Crippen LogP contribution in [0.2, 0.25) is 0 Å². The molecule has 0 bridgehead atoms. The molecule has 1 N–H and O–H groups in total. The fourth-order valence-electron chi connectivity index (χ4n) is 1.79. The van der Waals surface area contributed by atoms with Crippen LogP contribution in [-0.4, -0.2) is 19.6 Å². The fourth-order valence-corrected chi connectivity index (χ4v) is 1.79. The second-order valence-corrected chi connectivity index (χ2v) is 4.76. The molecule has 0 saturated carbocycles. The zero-order chi connectivity index (χ0) is 13.1. The van der Waals surface area contributed by atoms with E-state index in [1.165, 1.54) is 5.56 Å². The molecule has 2 heterocycles. The van der Waals surface area contributed by atoms with Crippen LogP contribution in [0.15, 0.2) is 18.6 Å². The average molecular weight is 284 g/mol. The average Bonchev–Trinajstić information content (AvgIpc) is 2.93. The van der Waals surface area contributed by atoms with Gasteiger partial charge in [-0.25, -0.2) is 0 Å². The highest BCUT2D eigenvalue weighted by Crippen LogP contribution is 2.16. The number of aromatic nitrogens is 4. The Morgan fingerprint density at radius 3 is 2.58 bits per heavy atom. The van der Waals surface area contributed by atoms with Crippen molar-refractivity contribution in [1.82, 2.24) is 19.6 Å². The predicted molar refractivity (Wildman–Crippen MR) is 79.8 cm³/mol. The van der Waals surface area contributed by atoms with Crippen LogP contribution in [0.1, 0.15) is 38.1 Å². The van der Waals surface area contributed by atoms with Crippen molar-refractivity contribution >= 4 is 18.1 Å². The SMILES string of the molecule is CCn1cc(CNc2cn(C(C)C)nc2C)cn1.Cl. The van der Waals surface area contributed by atoms with Gasteiger partial charge in [-0.05, 0) is 27.7 Å². The number of nitrogens with one attached hydrogen (secondary N) is 1. The quantitative estimate of drug-likeness (QED) is 0.917. The first-order chi connectivity index (χ1) is 8.60. The highest BCUT2D eigenvalue weighted by atomic mass is 35.5. The topological polar surface area (TPSA) is 47.7 Å². The summed E-state index contributed by atoms with van der Waals surface area (Å²) in [5.41, 5.74) is 3.31. The van der Waals surface area contributed by atoms with Crippen molar-refractivity contribution in [3.8, 4) is 0 Å². The van der Waals surface area contributed by atoms with Crippen LogP contribution in [0, 0.1) is 6.92 Å². The standard InChI is InChI=1S/C13H21N5.ClH/c1-5-17-8-12(7-15-17)6-14-13-9-18(10(2)3)16-11(13)4;/h7-10,14H,5-6H2,1-4H3;1H. The van der Waals surface area contributed by atoms with Crippen molar-refractivity contribution < 1.29 is 0 Å². The molecule has 0 unspecified atom stereocenters. The van der Waals surface area contributed by atoms with Gasteiger partial charge in [0.1, 0.15) is 0 Å². The van der Waals surface area contributed by atoms with Crippen LogP contribution >= 0.6 is 12.4 Å². The van der Waals surface area contributed by atoms with Gasteiger partial charge < -0.3 is 5.32 Å². The second-order valence-electron chi connectivity index (χ2n) is 4.76. The molecule has 0 aromatic carbocycles. The Labute approximate surface area is 120 Å². The van der Waals surface area contributed by atoms with E-state index in [0.717, 1.165) is 24.5 Å². The number of hydrogen-bond acceptors (Lipinski definition) is 3. The van der Waals surface area contributed by atoms with Crippen molar-refractivity contribution in [3.63, 3.8) is 0 Å². The van der Waals surface area contributed by atoms with Crippen molar-refractivity contribution in [1.29, 1.82) is 0 Å². The van der Waals surface area contributed by atoms with Gasteiger partial charge in [-0.1, -0.05) is 0 Å². The summed E-state index contributed by atoms with van der Waals surface area (Å²) < 4.78 is 3.91. The summed E-state index contributed by atoms with van der Waals surface area (Å²) in [4.78, 5) is 0. The highest BCUT2D eigenvalue weighted by molar-refractivity contribution is 5.85. The molecule has 0 aliphatic rings. The molecule has 2 aromatic heterocycles. The summed E-state index contributed by atoms with van der Waals surface area (Å²) in [5.74, 6) is 0. The van der Waals surface area contributed by atoms with Crippen molar-refractivity contribution in [2.24, 2.45) is 0 Å². The van der Waals surface area contributed by atoms with Crippen molar-refractivity contribution in [2.45, 2.75) is 46.8 Å². The summed E-state index contributed by atoms with van der Waals surface area (Å²) in [6.07, 6.45) is 6.03. The normalized spacial score (nSPS) is 10.6. The maximum atomic E-state index is 4.48. The van der Waals surface area contributed by atoms with E-state index in [1.807, 2.05) is 22.5 Å². The molecule has 0 spiro atoms. The van der Waals surface area contributed by atoms with Crippen molar-refractivity contribution in [3.05, 3.63) is 29.8 Å². The van der Waals surface area contributed by atoms with Crippen LogP contribution in [0.3, 0.4) is 0 Å². The maximum absolute atomic E-state index is 4.48. The summed E-state index contributed by atoms with van der Waals surface area (Å²) >= 11 is 0. The van der Waals surface area contributed by atoms with Gasteiger partial charge in [-0.2, -0.15) is 10.2 Å². The number of aryl methyl sites for hydroxylation is 2. The molecule has 2 aromatic rings. The predicted octanol–water partition coefficient (Wildman–Crippen LogP) is 3.02. The van der Waals surface area contributed by atoms with Gasteiger partial charge in [0, 0.05) is 37.1 Å². The lowest BCUT2D eigenvalue weighted by Crippen LogP contribution is -2.01. The van der Waals surface area contributed by atoms with E-state index in [2.05, 4.69) is 48.7 Å². The lowest BCUT2D eigenvalue weighted by atomic mass is 10.3. The minimum Gasteiger partial charge on any atom is -0.378 e. The molecule has 0 fully saturated rings. The van der Waals surface area contributed by atoms with E-state index in [9.17, 15) is 0 Å². The van der Waals surface area contributed by atoms with Gasteiger partial charge >= 0.3 is 0 Å². The Hall–Kier alpha value is -1.49. The maximum Gasteiger partial charge on any atom is 0.0825 e. The van der Waals surface area contributed by atoms with Gasteiger partial charge in [-0.3, -0.25) is 9.36 Å². The monoisotopic (exact) mass is 283 g/mol. The Morgan fingerprint density at radius 1 is 1.32 bits per heavy atom. The number of halogens is 1. The minimum atomic E-state index is 0. The number of nitrogens with zero attached hydrogens (tertiary/aromatic N) is 4. The van der Waals surface area contributed by atoms with Crippen LogP contribution in [0.4, 0.5) is 5.69 Å². The fraction of sp³-hybridized carbons (Fsp3) is 0.538. The molecule has 6 heteroatoms. The zero-order valence-corrected chi connectivity index (χ0v) is 12.7. The van der Waals surface area contributed by atoms with E-state index < -0.39 is 0 Å². The van der Waals surface area contributed by atoms with E-state index in [1.54, 1.807) is 0 Å². The Bertz CT molecular complexity index is 515. The Kier molecular flexibility index (Phi) is 5.42. The molecule has 0 amide bonds. The third-order valence-electron chi connectivity index (χ3n) is 2.94. The zero-order valence-electron chi connectivity index (χ0n) is 11.9. The Morgan fingerprint density at radius 2 is 2.05 bits per heavy atom. The molecule has 19 heavy (non-hydrogen) atoms. The third kappa shape index (κ3) is 3.73. The number of hydrogen-bond donors (Lipinski definition) is 1. The summed E-state index contributed by atoms with van der Waals surface area (Å²) in [6, 6.07) is 0.391. The molecule has 0 saturated heterocycles. The number of rotatable bonds is 5. The lowest BCUT2D eigenvalue weighted by Gasteiger charge is -2.03. The van der Waals surface area contributed by atoms with Crippen LogP contribution in [0.5, 0.6) is 0 Å². The minimum absolute atomic E-state index is 0. The van der Waals surface area contributed by atoms with Gasteiger partial charge in [0.25, 0.3) is 0 Å². The van der Waals surface area contributed by atoms with E-state index >= 15 is 0 Å². The first kappa shape index (κ1) is 15.6. The van der Waals surface area contributed by atoms with Crippen molar-refractivity contribution in [2.75, 3.05) is 5.32 Å². The van der Waals surface area contributed by atoms with Crippen LogP contribution in [-0.2, 0) is 13.1 Å². The first-order valence-corrected chi connectivity index (χ1v) is 6.41. The summed E-state index contributed by atoms with van der Waals surface area (Å²) in [7, 11) is 0. The van der Waals surface area contributed by atoms with E-state index in [-0.39, 0.29) is 12.4 Å².